The predicted octanol–water partition coefficient (Wildman–Crippen LogP) is 1.95. The van der Waals surface area contributed by atoms with Gasteiger partial charge in [-0.2, -0.15) is 0 Å². The third-order valence-electron chi connectivity index (χ3n) is 4.86. The van der Waals surface area contributed by atoms with Gasteiger partial charge in [0.15, 0.2) is 5.96 Å². The molecule has 0 radical (unpaired) electrons. The van der Waals surface area contributed by atoms with Gasteiger partial charge in [-0.05, 0) is 36.9 Å². The molecule has 1 N–H and O–H groups in total. The summed E-state index contributed by atoms with van der Waals surface area (Å²) in [5.41, 5.74) is 0. The lowest BCUT2D eigenvalue weighted by Crippen LogP contribution is -2.41. The standard InChI is InChI=1S/C19H33N5OS/c1-5-23(6-2)14-16-9-10-24(15-16)19(21-13-18(25)22(3)4)20-12-17-8-7-11-26-17/h7-8,11,16H,5-6,9-10,12-15H2,1-4H3,(H,20,21). The normalized spacial score (nSPS) is 17.8. The van der Waals surface area contributed by atoms with Gasteiger partial charge in [-0.1, -0.05) is 19.9 Å². The average molecular weight is 380 g/mol. The second-order valence-corrected chi connectivity index (χ2v) is 7.98. The number of carbonyl (C=O) groups is 1. The number of guanidine groups is 1. The van der Waals surface area contributed by atoms with Gasteiger partial charge in [0.2, 0.25) is 5.91 Å². The fourth-order valence-electron chi connectivity index (χ4n) is 3.15. The first kappa shape index (κ1) is 20.7. The maximum absolute atomic E-state index is 12.0. The number of carbonyl (C=O) groups excluding carboxylic acids is 1. The lowest BCUT2D eigenvalue weighted by atomic mass is 10.1. The van der Waals surface area contributed by atoms with Crippen LogP contribution in [0.1, 0.15) is 25.1 Å². The van der Waals surface area contributed by atoms with Crippen molar-refractivity contribution in [1.29, 1.82) is 0 Å². The number of amides is 1. The molecule has 0 saturated carbocycles. The van der Waals surface area contributed by atoms with E-state index in [1.54, 1.807) is 30.3 Å². The molecule has 26 heavy (non-hydrogen) atoms. The summed E-state index contributed by atoms with van der Waals surface area (Å²) in [6.07, 6.45) is 1.18. The number of thiophene rings is 1. The van der Waals surface area contributed by atoms with Crippen molar-refractivity contribution >= 4 is 23.2 Å². The Labute approximate surface area is 161 Å². The Bertz CT molecular complexity index is 568. The monoisotopic (exact) mass is 379 g/mol. The van der Waals surface area contributed by atoms with Crippen molar-refractivity contribution in [2.75, 3.05) is 53.4 Å². The van der Waals surface area contributed by atoms with Gasteiger partial charge in [0.05, 0.1) is 6.54 Å². The van der Waals surface area contributed by atoms with Crippen molar-refractivity contribution in [3.05, 3.63) is 22.4 Å². The molecule has 2 heterocycles. The lowest BCUT2D eigenvalue weighted by molar-refractivity contribution is -0.127. The Morgan fingerprint density at radius 3 is 2.77 bits per heavy atom. The summed E-state index contributed by atoms with van der Waals surface area (Å²) >= 11 is 1.73. The van der Waals surface area contributed by atoms with Crippen LogP contribution in [0.2, 0.25) is 0 Å². The number of hydrogen-bond acceptors (Lipinski definition) is 4. The molecule has 146 valence electrons. The maximum atomic E-state index is 12.0. The first-order valence-electron chi connectivity index (χ1n) is 9.51. The minimum Gasteiger partial charge on any atom is -0.351 e. The number of nitrogens with zero attached hydrogens (tertiary/aromatic N) is 4. The SMILES string of the molecule is CCN(CC)CC1CCN(C(=NCC(=O)N(C)C)NCc2cccs2)C1. The summed E-state index contributed by atoms with van der Waals surface area (Å²) in [5.74, 6) is 1.54. The first-order chi connectivity index (χ1) is 12.5. The Balaban J connectivity index is 1.98. The topological polar surface area (TPSA) is 51.2 Å². The quantitative estimate of drug-likeness (QED) is 0.554. The molecule has 7 heteroatoms. The molecule has 1 saturated heterocycles. The molecule has 2 rings (SSSR count). The molecule has 1 fully saturated rings. The molecule has 1 aromatic heterocycles. The van der Waals surface area contributed by atoms with Crippen LogP contribution in [0.25, 0.3) is 0 Å². The van der Waals surface area contributed by atoms with E-state index >= 15 is 0 Å². The van der Waals surface area contributed by atoms with Gasteiger partial charge in [-0.25, -0.2) is 4.99 Å². The third kappa shape index (κ3) is 6.29. The van der Waals surface area contributed by atoms with Gasteiger partial charge in [-0.3, -0.25) is 4.79 Å². The second-order valence-electron chi connectivity index (χ2n) is 6.95. The number of likely N-dealkylation sites (N-methyl/N-ethyl adjacent to an activating group) is 1. The van der Waals surface area contributed by atoms with E-state index in [2.05, 4.69) is 51.5 Å². The third-order valence-corrected chi connectivity index (χ3v) is 5.74. The zero-order chi connectivity index (χ0) is 18.9. The van der Waals surface area contributed by atoms with Crippen LogP contribution in [-0.2, 0) is 11.3 Å². The number of aliphatic imine (C=N–C) groups is 1. The summed E-state index contributed by atoms with van der Waals surface area (Å²) < 4.78 is 0. The zero-order valence-electron chi connectivity index (χ0n) is 16.6. The van der Waals surface area contributed by atoms with Crippen molar-refractivity contribution < 1.29 is 4.79 Å². The Morgan fingerprint density at radius 1 is 1.38 bits per heavy atom. The van der Waals surface area contributed by atoms with Crippen molar-refractivity contribution in [3.63, 3.8) is 0 Å². The highest BCUT2D eigenvalue weighted by Gasteiger charge is 2.26. The molecule has 1 unspecified atom stereocenters. The van der Waals surface area contributed by atoms with Crippen LogP contribution < -0.4 is 5.32 Å². The Kier molecular flexibility index (Phi) is 8.38. The van der Waals surface area contributed by atoms with E-state index in [-0.39, 0.29) is 12.5 Å². The van der Waals surface area contributed by atoms with Crippen LogP contribution in [0.4, 0.5) is 0 Å². The van der Waals surface area contributed by atoms with E-state index in [1.165, 1.54) is 11.3 Å². The molecule has 0 spiro atoms. The molecule has 6 nitrogen and oxygen atoms in total. The van der Waals surface area contributed by atoms with E-state index in [9.17, 15) is 4.79 Å². The van der Waals surface area contributed by atoms with Crippen LogP contribution >= 0.6 is 11.3 Å². The summed E-state index contributed by atoms with van der Waals surface area (Å²) in [5, 5.41) is 5.54. The van der Waals surface area contributed by atoms with Crippen molar-refractivity contribution in [3.8, 4) is 0 Å². The van der Waals surface area contributed by atoms with Gasteiger partial charge >= 0.3 is 0 Å². The molecule has 0 aromatic carbocycles. The van der Waals surface area contributed by atoms with Gasteiger partial charge in [-0.15, -0.1) is 11.3 Å². The van der Waals surface area contributed by atoms with Gasteiger partial charge < -0.3 is 20.0 Å². The molecule has 0 bridgehead atoms. The minimum absolute atomic E-state index is 0.0271. The molecule has 1 aliphatic heterocycles. The van der Waals surface area contributed by atoms with Gasteiger partial charge in [0.25, 0.3) is 0 Å². The molecule has 0 aliphatic carbocycles. The summed E-state index contributed by atoms with van der Waals surface area (Å²) in [6.45, 7) is 10.7. The number of rotatable bonds is 8. The fraction of sp³-hybridized carbons (Fsp3) is 0.684. The fourth-order valence-corrected chi connectivity index (χ4v) is 3.80. The summed E-state index contributed by atoms with van der Waals surface area (Å²) in [4.78, 5) is 24.2. The summed E-state index contributed by atoms with van der Waals surface area (Å²) in [6, 6.07) is 4.18. The van der Waals surface area contributed by atoms with Crippen molar-refractivity contribution in [1.82, 2.24) is 20.0 Å². The molecule has 1 aliphatic rings. The predicted molar refractivity (Wildman–Crippen MR) is 110 cm³/mol. The largest absolute Gasteiger partial charge is 0.351 e. The van der Waals surface area contributed by atoms with E-state index < -0.39 is 0 Å². The van der Waals surface area contributed by atoms with E-state index in [4.69, 9.17) is 0 Å². The highest BCUT2D eigenvalue weighted by molar-refractivity contribution is 7.09. The summed E-state index contributed by atoms with van der Waals surface area (Å²) in [7, 11) is 3.54. The Hall–Kier alpha value is -1.60. The number of nitrogens with one attached hydrogen (secondary N) is 1. The van der Waals surface area contributed by atoms with Crippen LogP contribution in [0.15, 0.2) is 22.5 Å². The first-order valence-corrected chi connectivity index (χ1v) is 10.4. The molecule has 1 atom stereocenters. The van der Waals surface area contributed by atoms with Crippen molar-refractivity contribution in [2.24, 2.45) is 10.9 Å². The molecule has 1 aromatic rings. The van der Waals surface area contributed by atoms with Crippen LogP contribution in [0.3, 0.4) is 0 Å². The Morgan fingerprint density at radius 2 is 2.15 bits per heavy atom. The molecular weight excluding hydrogens is 346 g/mol. The lowest BCUT2D eigenvalue weighted by Gasteiger charge is -2.24. The highest BCUT2D eigenvalue weighted by atomic mass is 32.1. The minimum atomic E-state index is 0.0271. The van der Waals surface area contributed by atoms with Crippen LogP contribution in [-0.4, -0.2) is 79.9 Å². The molecule has 1 amide bonds. The maximum Gasteiger partial charge on any atom is 0.243 e. The van der Waals surface area contributed by atoms with Crippen LogP contribution in [0, 0.1) is 5.92 Å². The van der Waals surface area contributed by atoms with Gasteiger partial charge in [0.1, 0.15) is 6.54 Å². The van der Waals surface area contributed by atoms with E-state index in [0.29, 0.717) is 5.92 Å². The number of hydrogen-bond donors (Lipinski definition) is 1. The van der Waals surface area contributed by atoms with E-state index in [1.807, 2.05) is 0 Å². The van der Waals surface area contributed by atoms with E-state index in [0.717, 1.165) is 45.2 Å². The number of likely N-dealkylation sites (tertiary alicyclic amines) is 1. The average Bonchev–Trinajstić information content (AvgIpc) is 3.31. The van der Waals surface area contributed by atoms with Gasteiger partial charge in [0, 0.05) is 38.6 Å². The smallest absolute Gasteiger partial charge is 0.243 e. The highest BCUT2D eigenvalue weighted by Crippen LogP contribution is 2.18. The van der Waals surface area contributed by atoms with Crippen LogP contribution in [0.5, 0.6) is 0 Å². The second kappa shape index (κ2) is 10.5. The molecular formula is C19H33N5OS. The van der Waals surface area contributed by atoms with Crippen molar-refractivity contribution in [2.45, 2.75) is 26.8 Å². The zero-order valence-corrected chi connectivity index (χ0v) is 17.4.